The highest BCUT2D eigenvalue weighted by atomic mass is 32.2. The Morgan fingerprint density at radius 2 is 1.54 bits per heavy atom. The predicted octanol–water partition coefficient (Wildman–Crippen LogP) is 3.93. The van der Waals surface area contributed by atoms with Gasteiger partial charge in [0, 0.05) is 19.7 Å². The van der Waals surface area contributed by atoms with Crippen LogP contribution in [0.5, 0.6) is 0 Å². The molecule has 1 atom stereocenters. The van der Waals surface area contributed by atoms with Gasteiger partial charge in [0.15, 0.2) is 15.6 Å². The van der Waals surface area contributed by atoms with Crippen LogP contribution in [0.1, 0.15) is 38.2 Å². The fourth-order valence-corrected chi connectivity index (χ4v) is 5.88. The van der Waals surface area contributed by atoms with Gasteiger partial charge in [-0.25, -0.2) is 16.8 Å². The summed E-state index contributed by atoms with van der Waals surface area (Å²) in [5.41, 5.74) is 2.40. The van der Waals surface area contributed by atoms with E-state index in [9.17, 15) is 26.4 Å². The SMILES string of the molecule is CC(=O)N1c2ccc(-c3ccc(S(C)(=O)=O)cc3)cc2N(C(=O)c2ccc(S(=O)(=O)C(C)C)o2)C[C@@H]1C. The van der Waals surface area contributed by atoms with E-state index < -0.39 is 30.8 Å². The van der Waals surface area contributed by atoms with Crippen LogP contribution in [-0.2, 0) is 24.5 Å². The quantitative estimate of drug-likeness (QED) is 0.477. The smallest absolute Gasteiger partial charge is 0.294 e. The summed E-state index contributed by atoms with van der Waals surface area (Å²) in [6, 6.07) is 13.9. The molecule has 1 aromatic heterocycles. The van der Waals surface area contributed by atoms with E-state index in [0.717, 1.165) is 11.8 Å². The molecule has 3 aromatic rings. The molecule has 37 heavy (non-hydrogen) atoms. The van der Waals surface area contributed by atoms with Gasteiger partial charge in [0.1, 0.15) is 0 Å². The van der Waals surface area contributed by atoms with Crippen molar-refractivity contribution in [2.75, 3.05) is 22.6 Å². The lowest BCUT2D eigenvalue weighted by Gasteiger charge is -2.40. The van der Waals surface area contributed by atoms with Gasteiger partial charge < -0.3 is 14.2 Å². The van der Waals surface area contributed by atoms with E-state index in [1.165, 1.54) is 49.9 Å². The van der Waals surface area contributed by atoms with E-state index in [1.807, 2.05) is 6.92 Å². The zero-order valence-electron chi connectivity index (χ0n) is 21.1. The Bertz CT molecular complexity index is 1590. The zero-order chi connectivity index (χ0) is 27.3. The summed E-state index contributed by atoms with van der Waals surface area (Å²) in [5.74, 6) is -0.850. The first-order chi connectivity index (χ1) is 17.2. The van der Waals surface area contributed by atoms with Crippen LogP contribution in [-0.4, -0.2) is 52.7 Å². The largest absolute Gasteiger partial charge is 0.440 e. The number of anilines is 2. The highest BCUT2D eigenvalue weighted by molar-refractivity contribution is 7.91. The summed E-state index contributed by atoms with van der Waals surface area (Å²) in [6.45, 7) is 6.49. The predicted molar refractivity (Wildman–Crippen MR) is 140 cm³/mol. The molecule has 0 aliphatic carbocycles. The average molecular weight is 545 g/mol. The molecule has 0 unspecified atom stereocenters. The highest BCUT2D eigenvalue weighted by Gasteiger charge is 2.36. The molecule has 196 valence electrons. The van der Waals surface area contributed by atoms with Gasteiger partial charge in [0.05, 0.1) is 27.6 Å². The zero-order valence-corrected chi connectivity index (χ0v) is 22.8. The molecule has 0 N–H and O–H groups in total. The van der Waals surface area contributed by atoms with Gasteiger partial charge in [-0.3, -0.25) is 9.59 Å². The average Bonchev–Trinajstić information content (AvgIpc) is 3.33. The minimum atomic E-state index is -3.70. The third-order valence-corrected chi connectivity index (χ3v) is 9.46. The van der Waals surface area contributed by atoms with E-state index in [-0.39, 0.29) is 34.2 Å². The monoisotopic (exact) mass is 544 g/mol. The summed E-state index contributed by atoms with van der Waals surface area (Å²) in [6.07, 6.45) is 1.13. The lowest BCUT2D eigenvalue weighted by molar-refractivity contribution is -0.117. The van der Waals surface area contributed by atoms with Gasteiger partial charge in [-0.2, -0.15) is 0 Å². The van der Waals surface area contributed by atoms with Gasteiger partial charge in [-0.1, -0.05) is 18.2 Å². The lowest BCUT2D eigenvalue weighted by atomic mass is 10.0. The molecule has 2 heterocycles. The van der Waals surface area contributed by atoms with E-state index >= 15 is 0 Å². The fourth-order valence-electron chi connectivity index (χ4n) is 4.32. The highest BCUT2D eigenvalue weighted by Crippen LogP contribution is 2.40. The number of sulfone groups is 2. The third-order valence-electron chi connectivity index (χ3n) is 6.31. The van der Waals surface area contributed by atoms with Crippen LogP contribution in [0.3, 0.4) is 0 Å². The Labute approximate surface area is 216 Å². The van der Waals surface area contributed by atoms with Crippen molar-refractivity contribution >= 4 is 42.9 Å². The molecule has 1 aliphatic heterocycles. The lowest BCUT2D eigenvalue weighted by Crippen LogP contribution is -2.51. The number of furan rings is 1. The maximum absolute atomic E-state index is 13.6. The number of carbonyl (C=O) groups is 2. The second-order valence-corrected chi connectivity index (χ2v) is 13.8. The second-order valence-electron chi connectivity index (χ2n) is 9.37. The van der Waals surface area contributed by atoms with Crippen LogP contribution in [0, 0.1) is 0 Å². The Morgan fingerprint density at radius 1 is 0.919 bits per heavy atom. The first-order valence-electron chi connectivity index (χ1n) is 11.6. The maximum atomic E-state index is 13.6. The van der Waals surface area contributed by atoms with Crippen LogP contribution in [0.2, 0.25) is 0 Å². The Morgan fingerprint density at radius 3 is 2.11 bits per heavy atom. The number of hydrogen-bond donors (Lipinski definition) is 0. The van der Waals surface area contributed by atoms with E-state index in [4.69, 9.17) is 4.42 Å². The van der Waals surface area contributed by atoms with Crippen molar-refractivity contribution in [3.8, 4) is 11.1 Å². The van der Waals surface area contributed by atoms with Crippen LogP contribution in [0.4, 0.5) is 11.4 Å². The molecule has 0 radical (unpaired) electrons. The Kier molecular flexibility index (Phi) is 6.80. The van der Waals surface area contributed by atoms with Crippen molar-refractivity contribution in [3.63, 3.8) is 0 Å². The minimum Gasteiger partial charge on any atom is -0.440 e. The van der Waals surface area contributed by atoms with Crippen LogP contribution < -0.4 is 9.80 Å². The van der Waals surface area contributed by atoms with Crippen LogP contribution in [0.15, 0.2) is 69.0 Å². The summed E-state index contributed by atoms with van der Waals surface area (Å²) in [4.78, 5) is 29.3. The van der Waals surface area contributed by atoms with Crippen LogP contribution >= 0.6 is 0 Å². The van der Waals surface area contributed by atoms with Crippen molar-refractivity contribution in [2.45, 2.75) is 49.0 Å². The van der Waals surface area contributed by atoms with Gasteiger partial charge in [-0.05, 0) is 68.3 Å². The van der Waals surface area contributed by atoms with Crippen molar-refractivity contribution in [3.05, 3.63) is 60.4 Å². The van der Waals surface area contributed by atoms with Crippen molar-refractivity contribution < 1.29 is 30.8 Å². The number of hydrogen-bond acceptors (Lipinski definition) is 7. The summed E-state index contributed by atoms with van der Waals surface area (Å²) in [5, 5.41) is -0.987. The molecule has 0 saturated heterocycles. The van der Waals surface area contributed by atoms with Crippen molar-refractivity contribution in [1.29, 1.82) is 0 Å². The molecule has 0 spiro atoms. The Balaban J connectivity index is 1.79. The van der Waals surface area contributed by atoms with Gasteiger partial charge in [0.2, 0.25) is 20.8 Å². The minimum absolute atomic E-state index is 0.128. The molecule has 11 heteroatoms. The summed E-state index contributed by atoms with van der Waals surface area (Å²) in [7, 11) is -7.06. The standard InChI is InChI=1S/C26H28N2O7S2/c1-16(2)37(33,34)25-13-12-24(35-25)26(30)27-15-17(3)28(18(4)29)22-11-8-20(14-23(22)27)19-6-9-21(10-7-19)36(5,31)32/h6-14,16-17H,15H2,1-5H3/t17-/m0/s1. The molecule has 0 fully saturated rings. The number of benzene rings is 2. The second kappa shape index (κ2) is 9.46. The first-order valence-corrected chi connectivity index (χ1v) is 15.1. The molecular weight excluding hydrogens is 516 g/mol. The molecule has 2 amide bonds. The summed E-state index contributed by atoms with van der Waals surface area (Å²) >= 11 is 0. The number of nitrogens with zero attached hydrogens (tertiary/aromatic N) is 2. The number of amides is 2. The van der Waals surface area contributed by atoms with E-state index in [2.05, 4.69) is 0 Å². The normalized spacial score (nSPS) is 16.1. The van der Waals surface area contributed by atoms with Crippen LogP contribution in [0.25, 0.3) is 11.1 Å². The molecule has 9 nitrogen and oxygen atoms in total. The third kappa shape index (κ3) is 4.93. The van der Waals surface area contributed by atoms with Crippen molar-refractivity contribution in [1.82, 2.24) is 0 Å². The molecule has 0 bridgehead atoms. The van der Waals surface area contributed by atoms with Gasteiger partial charge in [0.25, 0.3) is 5.91 Å². The summed E-state index contributed by atoms with van der Waals surface area (Å²) < 4.78 is 54.1. The van der Waals surface area contributed by atoms with Gasteiger partial charge in [-0.15, -0.1) is 0 Å². The van der Waals surface area contributed by atoms with E-state index in [1.54, 1.807) is 35.2 Å². The number of rotatable bonds is 5. The Hall–Kier alpha value is -3.44. The van der Waals surface area contributed by atoms with Gasteiger partial charge >= 0.3 is 0 Å². The molecule has 2 aromatic carbocycles. The van der Waals surface area contributed by atoms with E-state index in [0.29, 0.717) is 16.9 Å². The number of carbonyl (C=O) groups excluding carboxylic acids is 2. The van der Waals surface area contributed by atoms with Crippen molar-refractivity contribution in [2.24, 2.45) is 0 Å². The number of fused-ring (bicyclic) bond motifs is 1. The first kappa shape index (κ1) is 26.6. The molecule has 0 saturated carbocycles. The topological polar surface area (TPSA) is 122 Å². The molecular formula is C26H28N2O7S2. The molecule has 1 aliphatic rings. The molecule has 4 rings (SSSR count). The fraction of sp³-hybridized carbons (Fsp3) is 0.308. The maximum Gasteiger partial charge on any atom is 0.294 e.